The molecule has 50 heteroatoms. The number of nitrogens with one attached hydrogen (secondary N) is 2. The molecule has 4 unspecified atom stereocenters. The molecule has 0 aromatic carbocycles. The van der Waals surface area contributed by atoms with E-state index in [1.54, 1.807) is 0 Å². The van der Waals surface area contributed by atoms with E-state index in [0.29, 0.717) is 0 Å². The first kappa shape index (κ1) is 63.4. The molecule has 20 atom stereocenters. The van der Waals surface area contributed by atoms with Gasteiger partial charge in [-0.25, -0.2) is 37.5 Å². The highest BCUT2D eigenvalue weighted by Crippen LogP contribution is 2.57. The van der Waals surface area contributed by atoms with E-state index < -0.39 is 163 Å². The van der Waals surface area contributed by atoms with Gasteiger partial charge in [-0.1, -0.05) is 10.4 Å². The third-order valence-corrected chi connectivity index (χ3v) is 20.6. The number of aromatic nitrogens is 16. The maximum Gasteiger partial charge on any atom is 0.325 e. The van der Waals surface area contributed by atoms with Crippen LogP contribution >= 0.6 is 26.9 Å². The summed E-state index contributed by atoms with van der Waals surface area (Å²) in [5.41, 5.74) is 22.4. The number of pyridine rings is 2. The van der Waals surface area contributed by atoms with Crippen LogP contribution in [-0.2, 0) is 102 Å². The summed E-state index contributed by atoms with van der Waals surface area (Å²) in [7, 11) is 0. The molecule has 0 amide bonds. The highest BCUT2D eigenvalue weighted by molar-refractivity contribution is 8.08. The number of aromatic amines is 2. The number of nitrogens with two attached hydrogens (primary N) is 4. The summed E-state index contributed by atoms with van der Waals surface area (Å²) in [5.74, 6) is -0.588. The summed E-state index contributed by atoms with van der Waals surface area (Å²) in [5, 5.41) is 15.1. The maximum atomic E-state index is 16.0. The third kappa shape index (κ3) is 12.0. The molecule has 14 heterocycles. The van der Waals surface area contributed by atoms with Gasteiger partial charge in [-0.15, -0.1) is 10.2 Å². The van der Waals surface area contributed by atoms with Gasteiger partial charge in [-0.05, 0) is 59.4 Å². The third-order valence-electron chi connectivity index (χ3n) is 14.4. The molecule has 6 aliphatic rings. The summed E-state index contributed by atoms with van der Waals surface area (Å²) in [4.78, 5) is 97.5. The van der Waals surface area contributed by atoms with Gasteiger partial charge in [-0.2, -0.15) is 19.3 Å². The average Bonchev–Trinajstić information content (AvgIpc) is 1.81. The fraction of sp³-hybridized carbons (Fsp3) is 0.500. The Morgan fingerprint density at radius 2 is 0.822 bits per heavy atom. The number of alkyl halides is 4. The molecule has 6 aliphatic heterocycles. The quantitative estimate of drug-likeness (QED) is 0.0798. The lowest BCUT2D eigenvalue weighted by molar-refractivity contribution is -0.0639. The first-order valence-electron chi connectivity index (χ1n) is 25.8. The van der Waals surface area contributed by atoms with E-state index in [9.17, 15) is 29.2 Å². The fourth-order valence-corrected chi connectivity index (χ4v) is 16.1. The largest absolute Gasteiger partial charge is 0.397 e. The standard InChI is InChI=1S/2C20H22F2N10O9P2S2/c2*21-9-7-3-36-42(34,44)40-13-8(39-18(10(13)22)31-5-26-11-6(23)1-2-25-15(11)31)4-37-43(35,45)41-14(9)19(38-7)32-16-12(29-30-32)17(33)28-20(24)27-16/h2*1-2,5,7-10,13-14,18-19H,3-4H2,(H2,23,25)(H,34,44)(H,35,45)(H3,24,27,28,33)/t2*7-,8-,9-,10+,13-,14-,18-,19-,42?,43?/m11/s1. The molecular formula is C40H44F4N20O18P4S4. The van der Waals surface area contributed by atoms with Gasteiger partial charge < -0.3 is 79.6 Å². The number of imidazole rings is 2. The van der Waals surface area contributed by atoms with Crippen molar-refractivity contribution in [3.05, 3.63) is 57.9 Å². The van der Waals surface area contributed by atoms with Crippen LogP contribution in [-0.4, -0.2) is 199 Å². The van der Waals surface area contributed by atoms with Gasteiger partial charge in [0.2, 0.25) is 11.9 Å². The fourth-order valence-electron chi connectivity index (χ4n) is 10.4. The van der Waals surface area contributed by atoms with Gasteiger partial charge in [-0.3, -0.25) is 46.8 Å². The molecule has 6 fully saturated rings. The van der Waals surface area contributed by atoms with Crippen LogP contribution in [0.5, 0.6) is 0 Å². The van der Waals surface area contributed by atoms with Crippen molar-refractivity contribution in [2.45, 2.75) is 98.4 Å². The van der Waals surface area contributed by atoms with E-state index in [2.05, 4.69) is 60.5 Å². The Balaban J connectivity index is 0.000000165. The van der Waals surface area contributed by atoms with Crippen LogP contribution in [0.3, 0.4) is 0 Å². The Morgan fingerprint density at radius 1 is 0.478 bits per heavy atom. The van der Waals surface area contributed by atoms with E-state index in [-0.39, 0.29) is 67.9 Å². The number of halogens is 4. The molecule has 484 valence electrons. The molecule has 6 saturated heterocycles. The first-order chi connectivity index (χ1) is 42.6. The molecular weight excluding hydrogens is 1380 g/mol. The molecule has 38 nitrogen and oxygen atoms in total. The molecule has 4 bridgehead atoms. The Morgan fingerprint density at radius 3 is 1.20 bits per heavy atom. The average molecular weight is 1420 g/mol. The minimum atomic E-state index is -4.37. The Kier molecular flexibility index (Phi) is 16.9. The lowest BCUT2D eigenvalue weighted by atomic mass is 10.1. The monoisotopic (exact) mass is 1420 g/mol. The number of rotatable bonds is 4. The number of nitrogen functional groups attached to an aromatic ring is 4. The molecule has 90 heavy (non-hydrogen) atoms. The first-order valence-corrected chi connectivity index (χ1v) is 36.2. The summed E-state index contributed by atoms with van der Waals surface area (Å²) in [6.07, 6.45) is -21.4. The predicted molar refractivity (Wildman–Crippen MR) is 309 cm³/mol. The lowest BCUT2D eigenvalue weighted by Crippen LogP contribution is -2.34. The summed E-state index contributed by atoms with van der Waals surface area (Å²) >= 11 is 20.5. The Hall–Kier alpha value is -5.32. The Labute approximate surface area is 516 Å². The van der Waals surface area contributed by atoms with Gasteiger partial charge in [0, 0.05) is 12.4 Å². The van der Waals surface area contributed by atoms with Crippen LogP contribution in [0.4, 0.5) is 40.8 Å². The van der Waals surface area contributed by atoms with Crippen LogP contribution in [0.25, 0.3) is 44.7 Å². The second-order valence-corrected chi connectivity index (χ2v) is 31.3. The van der Waals surface area contributed by atoms with Crippen molar-refractivity contribution in [3.8, 4) is 0 Å². The Bertz CT molecular complexity index is 4180. The second kappa shape index (κ2) is 23.9. The zero-order chi connectivity index (χ0) is 63.7. The minimum Gasteiger partial charge on any atom is -0.397 e. The van der Waals surface area contributed by atoms with Crippen LogP contribution < -0.4 is 34.1 Å². The van der Waals surface area contributed by atoms with Gasteiger partial charge in [0.05, 0.1) is 50.5 Å². The van der Waals surface area contributed by atoms with E-state index in [4.69, 9.17) is 125 Å². The van der Waals surface area contributed by atoms with E-state index >= 15 is 17.6 Å². The number of fused-ring (bicyclic) bond motifs is 10. The SMILES string of the molecule is Nc1nc2c(nnn2[C@@H]2O[C@@H]3COP(O)(=S)O[C@H]4[C@H](F)[C@H](n5cnc6c(N)ccnc65)O[C@@H]4COP(O)(=S)O[C@@H]2[C@@H]3F)c(=O)[nH]1.Nc1nc2c(nnn2[C@@H]2O[C@@H]3COP(O)(=S)O[C@H]4[C@H](F)[C@H](n5cnc6c(N)ccnc65)O[C@@H]4COP(O)(=S)O[C@@H]2[C@@H]3F)c(=O)[nH]1. The zero-order valence-corrected chi connectivity index (χ0v) is 51.4. The molecule has 0 radical (unpaired) electrons. The molecule has 14 N–H and O–H groups in total. The van der Waals surface area contributed by atoms with Gasteiger partial charge in [0.25, 0.3) is 11.1 Å². The van der Waals surface area contributed by atoms with Crippen LogP contribution in [0, 0.1) is 0 Å². The van der Waals surface area contributed by atoms with Gasteiger partial charge >= 0.3 is 26.9 Å². The molecule has 14 rings (SSSR count). The maximum absolute atomic E-state index is 16.0. The van der Waals surface area contributed by atoms with E-state index in [0.717, 1.165) is 9.36 Å². The van der Waals surface area contributed by atoms with Crippen LogP contribution in [0.1, 0.15) is 24.9 Å². The molecule has 0 spiro atoms. The van der Waals surface area contributed by atoms with E-state index in [1.165, 1.54) is 46.3 Å². The van der Waals surface area contributed by atoms with Crippen molar-refractivity contribution < 1.29 is 92.3 Å². The lowest BCUT2D eigenvalue weighted by Gasteiger charge is -2.27. The number of nitrogens with zero attached hydrogens (tertiary/aromatic N) is 14. The number of ether oxygens (including phenoxy) is 4. The van der Waals surface area contributed by atoms with Crippen molar-refractivity contribution in [1.82, 2.24) is 79.0 Å². The summed E-state index contributed by atoms with van der Waals surface area (Å²) in [6, 6.07) is 3.03. The van der Waals surface area contributed by atoms with Crippen molar-refractivity contribution in [3.63, 3.8) is 0 Å². The van der Waals surface area contributed by atoms with E-state index in [1.807, 2.05) is 0 Å². The molecule has 8 aromatic heterocycles. The molecule has 8 aromatic rings. The van der Waals surface area contributed by atoms with Gasteiger partial charge in [0.15, 0.2) is 83.2 Å². The number of H-pyrrole nitrogens is 2. The summed E-state index contributed by atoms with van der Waals surface area (Å²) in [6.45, 7) is -20.2. The smallest absolute Gasteiger partial charge is 0.325 e. The van der Waals surface area contributed by atoms with Crippen LogP contribution in [0.2, 0.25) is 0 Å². The molecule has 0 saturated carbocycles. The minimum absolute atomic E-state index is 0.195. The normalized spacial score (nSPS) is 37.7. The summed E-state index contributed by atoms with van der Waals surface area (Å²) < 4.78 is 135. The topological polar surface area (TPSA) is 510 Å². The number of hydrogen-bond acceptors (Lipinski definition) is 32. The van der Waals surface area contributed by atoms with Gasteiger partial charge in [0.1, 0.15) is 59.9 Å². The zero-order valence-electron chi connectivity index (χ0n) is 44.5. The molecule has 0 aliphatic carbocycles. The van der Waals surface area contributed by atoms with Crippen molar-refractivity contribution in [2.24, 2.45) is 0 Å². The number of anilines is 4. The number of hydrogen-bond donors (Lipinski definition) is 10. The predicted octanol–water partition coefficient (Wildman–Crippen LogP) is -0.309. The van der Waals surface area contributed by atoms with Crippen LogP contribution in [0.15, 0.2) is 46.8 Å². The highest BCUT2D eigenvalue weighted by Gasteiger charge is 2.57. The van der Waals surface area contributed by atoms with Crippen molar-refractivity contribution >= 4 is 142 Å². The second-order valence-electron chi connectivity index (χ2n) is 20.1. The van der Waals surface area contributed by atoms with Crippen molar-refractivity contribution in [2.75, 3.05) is 49.4 Å². The van der Waals surface area contributed by atoms with Crippen molar-refractivity contribution in [1.29, 1.82) is 0 Å². The highest BCUT2D eigenvalue weighted by atomic mass is 32.5.